The van der Waals surface area contributed by atoms with E-state index in [1.54, 1.807) is 7.11 Å². The van der Waals surface area contributed by atoms with Gasteiger partial charge in [0.15, 0.2) is 0 Å². The first-order valence-electron chi connectivity index (χ1n) is 4.60. The molecule has 1 atom stereocenters. The number of alkyl halides is 1. The minimum absolute atomic E-state index is 0.546. The molecular formula is C11H14BrClO. The minimum Gasteiger partial charge on any atom is -0.495 e. The zero-order valence-electron chi connectivity index (χ0n) is 8.39. The van der Waals surface area contributed by atoms with Crippen LogP contribution in [0.5, 0.6) is 5.75 Å². The van der Waals surface area contributed by atoms with E-state index in [1.165, 1.54) is 5.56 Å². The van der Waals surface area contributed by atoms with Crippen molar-refractivity contribution in [1.29, 1.82) is 0 Å². The van der Waals surface area contributed by atoms with Gasteiger partial charge in [0.05, 0.1) is 12.1 Å². The summed E-state index contributed by atoms with van der Waals surface area (Å²) in [7, 11) is 1.64. The smallest absolute Gasteiger partial charge is 0.137 e. The molecule has 0 saturated carbocycles. The van der Waals surface area contributed by atoms with Crippen LogP contribution < -0.4 is 4.74 Å². The predicted octanol–water partition coefficient (Wildman–Crippen LogP) is 4.06. The van der Waals surface area contributed by atoms with Crippen LogP contribution in [0.4, 0.5) is 0 Å². The van der Waals surface area contributed by atoms with Crippen LogP contribution in [0.15, 0.2) is 18.2 Å². The van der Waals surface area contributed by atoms with Crippen molar-refractivity contribution in [1.82, 2.24) is 0 Å². The maximum atomic E-state index is 5.92. The Kier molecular flexibility index (Phi) is 4.76. The Morgan fingerprint density at radius 3 is 2.79 bits per heavy atom. The molecule has 0 N–H and O–H groups in total. The number of hydrogen-bond donors (Lipinski definition) is 0. The first kappa shape index (κ1) is 11.9. The Hall–Kier alpha value is -0.210. The first-order valence-corrected chi connectivity index (χ1v) is 5.89. The van der Waals surface area contributed by atoms with Gasteiger partial charge in [-0.15, -0.1) is 0 Å². The Morgan fingerprint density at radius 2 is 2.21 bits per heavy atom. The molecule has 78 valence electrons. The van der Waals surface area contributed by atoms with E-state index in [2.05, 4.69) is 22.9 Å². The van der Waals surface area contributed by atoms with E-state index in [1.807, 2.05) is 18.2 Å². The highest BCUT2D eigenvalue weighted by Crippen LogP contribution is 2.25. The monoisotopic (exact) mass is 276 g/mol. The number of benzene rings is 1. The molecule has 0 spiro atoms. The fourth-order valence-electron chi connectivity index (χ4n) is 1.23. The summed E-state index contributed by atoms with van der Waals surface area (Å²) in [5, 5.41) is 0.670. The molecule has 14 heavy (non-hydrogen) atoms. The number of halogens is 2. The number of rotatable bonds is 4. The molecule has 0 heterocycles. The lowest BCUT2D eigenvalue weighted by molar-refractivity contribution is 0.414. The topological polar surface area (TPSA) is 9.23 Å². The largest absolute Gasteiger partial charge is 0.495 e. The molecule has 3 heteroatoms. The van der Waals surface area contributed by atoms with Crippen LogP contribution in [0, 0.1) is 0 Å². The Bertz CT molecular complexity index is 299. The number of aryl methyl sites for hydroxylation is 1. The van der Waals surface area contributed by atoms with Crippen LogP contribution in [0.2, 0.25) is 5.02 Å². The van der Waals surface area contributed by atoms with E-state index in [0.717, 1.165) is 18.6 Å². The van der Waals surface area contributed by atoms with Crippen LogP contribution >= 0.6 is 27.5 Å². The van der Waals surface area contributed by atoms with Gasteiger partial charge in [-0.05, 0) is 30.5 Å². The molecule has 1 aromatic rings. The van der Waals surface area contributed by atoms with E-state index in [-0.39, 0.29) is 0 Å². The normalized spacial score (nSPS) is 12.6. The van der Waals surface area contributed by atoms with Crippen LogP contribution in [0.25, 0.3) is 0 Å². The summed E-state index contributed by atoms with van der Waals surface area (Å²) >= 11 is 9.45. The fraction of sp³-hybridized carbons (Fsp3) is 0.455. The third-order valence-corrected chi connectivity index (χ3v) is 2.82. The highest BCUT2D eigenvalue weighted by Gasteiger charge is 2.03. The van der Waals surface area contributed by atoms with Gasteiger partial charge in [-0.3, -0.25) is 0 Å². The summed E-state index contributed by atoms with van der Waals surface area (Å²) in [6.07, 6.45) is 2.16. The highest BCUT2D eigenvalue weighted by molar-refractivity contribution is 9.09. The molecule has 1 nitrogen and oxygen atoms in total. The van der Waals surface area contributed by atoms with Crippen molar-refractivity contribution < 1.29 is 4.74 Å². The fourth-order valence-corrected chi connectivity index (χ4v) is 1.65. The SMILES string of the molecule is COc1cc(CCC(C)Br)ccc1Cl. The number of methoxy groups -OCH3 is 1. The molecule has 1 rings (SSSR count). The molecule has 1 unspecified atom stereocenters. The van der Waals surface area contributed by atoms with Crippen LogP contribution in [-0.2, 0) is 6.42 Å². The van der Waals surface area contributed by atoms with Gasteiger partial charge in [0, 0.05) is 4.83 Å². The van der Waals surface area contributed by atoms with Gasteiger partial charge >= 0.3 is 0 Å². The van der Waals surface area contributed by atoms with Crippen LogP contribution in [0.1, 0.15) is 18.9 Å². The first-order chi connectivity index (χ1) is 6.63. The molecule has 1 aromatic carbocycles. The Labute approximate surface area is 98.5 Å². The van der Waals surface area contributed by atoms with Gasteiger partial charge in [-0.2, -0.15) is 0 Å². The lowest BCUT2D eigenvalue weighted by atomic mass is 10.1. The number of ether oxygens (including phenoxy) is 1. The molecule has 0 aliphatic heterocycles. The van der Waals surface area contributed by atoms with Crippen LogP contribution in [0.3, 0.4) is 0 Å². The highest BCUT2D eigenvalue weighted by atomic mass is 79.9. The second-order valence-electron chi connectivity index (χ2n) is 3.29. The maximum absolute atomic E-state index is 5.92. The lowest BCUT2D eigenvalue weighted by Crippen LogP contribution is -1.95. The average molecular weight is 278 g/mol. The van der Waals surface area contributed by atoms with E-state index < -0.39 is 0 Å². The second kappa shape index (κ2) is 5.62. The van der Waals surface area contributed by atoms with Crippen molar-refractivity contribution >= 4 is 27.5 Å². The van der Waals surface area contributed by atoms with Crippen molar-refractivity contribution in [2.24, 2.45) is 0 Å². The standard InChI is InChI=1S/C11H14BrClO/c1-8(12)3-4-9-5-6-10(13)11(7-9)14-2/h5-8H,3-4H2,1-2H3. The van der Waals surface area contributed by atoms with Crippen LogP contribution in [-0.4, -0.2) is 11.9 Å². The van der Waals surface area contributed by atoms with Gasteiger partial charge < -0.3 is 4.74 Å². The molecule has 0 fully saturated rings. The van der Waals surface area contributed by atoms with Gasteiger partial charge in [0.1, 0.15) is 5.75 Å². The van der Waals surface area contributed by atoms with Crippen molar-refractivity contribution in [3.63, 3.8) is 0 Å². The summed E-state index contributed by atoms with van der Waals surface area (Å²) in [5.74, 6) is 0.756. The Balaban J connectivity index is 2.69. The summed E-state index contributed by atoms with van der Waals surface area (Å²) in [5.41, 5.74) is 1.26. The van der Waals surface area contributed by atoms with Crippen molar-refractivity contribution in [2.75, 3.05) is 7.11 Å². The summed E-state index contributed by atoms with van der Waals surface area (Å²) in [4.78, 5) is 0.546. The predicted molar refractivity (Wildman–Crippen MR) is 64.7 cm³/mol. The zero-order chi connectivity index (χ0) is 10.6. The van der Waals surface area contributed by atoms with Crippen molar-refractivity contribution in [3.8, 4) is 5.75 Å². The molecule has 0 aliphatic carbocycles. The third-order valence-electron chi connectivity index (χ3n) is 2.05. The third kappa shape index (κ3) is 3.50. The average Bonchev–Trinajstić information content (AvgIpc) is 2.16. The van der Waals surface area contributed by atoms with Gasteiger partial charge in [-0.25, -0.2) is 0 Å². The van der Waals surface area contributed by atoms with E-state index in [9.17, 15) is 0 Å². The van der Waals surface area contributed by atoms with Gasteiger partial charge in [0.25, 0.3) is 0 Å². The molecule has 0 bridgehead atoms. The molecular weight excluding hydrogens is 263 g/mol. The minimum atomic E-state index is 0.546. The summed E-state index contributed by atoms with van der Waals surface area (Å²) < 4.78 is 5.15. The second-order valence-corrected chi connectivity index (χ2v) is 5.26. The zero-order valence-corrected chi connectivity index (χ0v) is 10.7. The van der Waals surface area contributed by atoms with E-state index in [0.29, 0.717) is 9.85 Å². The molecule has 0 radical (unpaired) electrons. The lowest BCUT2D eigenvalue weighted by Gasteiger charge is -2.07. The molecule has 0 aliphatic rings. The molecule has 0 aromatic heterocycles. The van der Waals surface area contributed by atoms with Crippen molar-refractivity contribution in [3.05, 3.63) is 28.8 Å². The van der Waals surface area contributed by atoms with Gasteiger partial charge in [-0.1, -0.05) is 40.5 Å². The molecule has 0 amide bonds. The summed E-state index contributed by atoms with van der Waals surface area (Å²) in [6, 6.07) is 5.92. The van der Waals surface area contributed by atoms with Gasteiger partial charge in [0.2, 0.25) is 0 Å². The molecule has 0 saturated heterocycles. The summed E-state index contributed by atoms with van der Waals surface area (Å²) in [6.45, 7) is 2.15. The number of hydrogen-bond acceptors (Lipinski definition) is 1. The van der Waals surface area contributed by atoms with E-state index >= 15 is 0 Å². The quantitative estimate of drug-likeness (QED) is 0.754. The Morgan fingerprint density at radius 1 is 1.50 bits per heavy atom. The van der Waals surface area contributed by atoms with Crippen molar-refractivity contribution in [2.45, 2.75) is 24.6 Å². The maximum Gasteiger partial charge on any atom is 0.137 e. The van der Waals surface area contributed by atoms with E-state index in [4.69, 9.17) is 16.3 Å².